The number of hydrogen-bond acceptors (Lipinski definition) is 5. The zero-order valence-corrected chi connectivity index (χ0v) is 15.9. The Labute approximate surface area is 149 Å². The highest BCUT2D eigenvalue weighted by Crippen LogP contribution is 2.34. The van der Waals surface area contributed by atoms with Crippen molar-refractivity contribution in [2.75, 3.05) is 32.2 Å². The molecule has 0 heterocycles. The Balaban J connectivity index is 2.50. The summed E-state index contributed by atoms with van der Waals surface area (Å²) in [5, 5.41) is 0. The van der Waals surface area contributed by atoms with E-state index in [0.29, 0.717) is 22.9 Å². The van der Waals surface area contributed by atoms with Crippen molar-refractivity contribution in [3.8, 4) is 17.2 Å². The molecule has 2 aromatic carbocycles. The van der Waals surface area contributed by atoms with Gasteiger partial charge in [-0.3, -0.25) is 4.31 Å². The van der Waals surface area contributed by atoms with Gasteiger partial charge in [0.15, 0.2) is 11.5 Å². The Morgan fingerprint density at radius 3 is 2.00 bits per heavy atom. The van der Waals surface area contributed by atoms with Gasteiger partial charge in [0.2, 0.25) is 0 Å². The van der Waals surface area contributed by atoms with Gasteiger partial charge in [-0.2, -0.15) is 0 Å². The molecule has 0 saturated heterocycles. The quantitative estimate of drug-likeness (QED) is 0.754. The molecule has 6 nitrogen and oxygen atoms in total. The molecule has 7 heteroatoms. The summed E-state index contributed by atoms with van der Waals surface area (Å²) in [6.45, 7) is 3.87. The van der Waals surface area contributed by atoms with E-state index in [2.05, 4.69) is 0 Å². The lowest BCUT2D eigenvalue weighted by atomic mass is 10.2. The first-order valence-corrected chi connectivity index (χ1v) is 9.22. The fraction of sp³-hybridized carbons (Fsp3) is 0.333. The normalized spacial score (nSPS) is 11.1. The van der Waals surface area contributed by atoms with Crippen molar-refractivity contribution in [1.29, 1.82) is 0 Å². The summed E-state index contributed by atoms with van der Waals surface area (Å²) in [5.41, 5.74) is 1.26. The molecular formula is C18H23NO5S. The number of sulfonamides is 1. The Hall–Kier alpha value is -2.41. The molecule has 0 fully saturated rings. The number of ether oxygens (including phenoxy) is 3. The average molecular weight is 365 g/mol. The Morgan fingerprint density at radius 1 is 0.880 bits per heavy atom. The molecule has 0 N–H and O–H groups in total. The van der Waals surface area contributed by atoms with E-state index in [0.717, 1.165) is 5.56 Å². The minimum atomic E-state index is -3.71. The number of benzene rings is 2. The van der Waals surface area contributed by atoms with Crippen LogP contribution in [0.2, 0.25) is 0 Å². The van der Waals surface area contributed by atoms with E-state index in [9.17, 15) is 8.42 Å². The highest BCUT2D eigenvalue weighted by atomic mass is 32.2. The van der Waals surface area contributed by atoms with Gasteiger partial charge in [0.25, 0.3) is 10.0 Å². The SMILES string of the molecule is CCN(c1ccc(OC)c(OC)c1)S(=O)(=O)c1ccc(OC)c(C)c1. The summed E-state index contributed by atoms with van der Waals surface area (Å²) in [7, 11) is 0.886. The first kappa shape index (κ1) is 18.9. The second-order valence-electron chi connectivity index (χ2n) is 5.34. The standard InChI is InChI=1S/C18H23NO5S/c1-6-19(14-7-9-17(23-4)18(12-14)24-5)25(20,21)15-8-10-16(22-3)13(2)11-15/h7-12H,6H2,1-5H3. The minimum Gasteiger partial charge on any atom is -0.496 e. The zero-order chi connectivity index (χ0) is 18.6. The van der Waals surface area contributed by atoms with Crippen molar-refractivity contribution in [3.63, 3.8) is 0 Å². The predicted octanol–water partition coefficient (Wildman–Crippen LogP) is 3.24. The van der Waals surface area contributed by atoms with Crippen LogP contribution in [-0.4, -0.2) is 36.3 Å². The average Bonchev–Trinajstić information content (AvgIpc) is 2.61. The third-order valence-corrected chi connectivity index (χ3v) is 5.80. The van der Waals surface area contributed by atoms with Gasteiger partial charge >= 0.3 is 0 Å². The van der Waals surface area contributed by atoms with E-state index < -0.39 is 10.0 Å². The van der Waals surface area contributed by atoms with E-state index in [-0.39, 0.29) is 11.4 Å². The van der Waals surface area contributed by atoms with Crippen LogP contribution in [0.5, 0.6) is 17.2 Å². The van der Waals surface area contributed by atoms with Crippen molar-refractivity contribution in [1.82, 2.24) is 0 Å². The molecule has 25 heavy (non-hydrogen) atoms. The van der Waals surface area contributed by atoms with Gasteiger partial charge in [-0.25, -0.2) is 8.42 Å². The molecular weight excluding hydrogens is 342 g/mol. The van der Waals surface area contributed by atoms with Crippen LogP contribution in [0.25, 0.3) is 0 Å². The topological polar surface area (TPSA) is 65.1 Å². The molecule has 0 aliphatic heterocycles. The molecule has 136 valence electrons. The second kappa shape index (κ2) is 7.65. The van der Waals surface area contributed by atoms with Gasteiger partial charge in [0.05, 0.1) is 31.9 Å². The molecule has 0 atom stereocenters. The van der Waals surface area contributed by atoms with Crippen LogP contribution < -0.4 is 18.5 Å². The number of nitrogens with zero attached hydrogens (tertiary/aromatic N) is 1. The van der Waals surface area contributed by atoms with Crippen molar-refractivity contribution < 1.29 is 22.6 Å². The highest BCUT2D eigenvalue weighted by Gasteiger charge is 2.25. The summed E-state index contributed by atoms with van der Waals surface area (Å²) >= 11 is 0. The van der Waals surface area contributed by atoms with Gasteiger partial charge in [-0.15, -0.1) is 0 Å². The summed E-state index contributed by atoms with van der Waals surface area (Å²) in [6.07, 6.45) is 0. The Kier molecular flexibility index (Phi) is 5.79. The lowest BCUT2D eigenvalue weighted by Gasteiger charge is -2.24. The molecule has 0 aliphatic carbocycles. The van der Waals surface area contributed by atoms with E-state index in [1.165, 1.54) is 18.5 Å². The zero-order valence-electron chi connectivity index (χ0n) is 15.1. The molecule has 2 rings (SSSR count). The number of methoxy groups -OCH3 is 3. The first-order chi connectivity index (χ1) is 11.9. The van der Waals surface area contributed by atoms with Gasteiger partial charge in [-0.1, -0.05) is 0 Å². The minimum absolute atomic E-state index is 0.211. The van der Waals surface area contributed by atoms with Crippen molar-refractivity contribution in [2.45, 2.75) is 18.7 Å². The fourth-order valence-corrected chi connectivity index (χ4v) is 4.16. The summed E-state index contributed by atoms with van der Waals surface area (Å²) < 4.78 is 43.2. The predicted molar refractivity (Wildman–Crippen MR) is 97.5 cm³/mol. The third kappa shape index (κ3) is 3.66. The maximum atomic E-state index is 13.1. The maximum Gasteiger partial charge on any atom is 0.264 e. The van der Waals surface area contributed by atoms with Crippen molar-refractivity contribution in [3.05, 3.63) is 42.0 Å². The Morgan fingerprint density at radius 2 is 1.48 bits per heavy atom. The number of rotatable bonds is 7. The second-order valence-corrected chi connectivity index (χ2v) is 7.20. The molecule has 0 aliphatic rings. The summed E-state index contributed by atoms with van der Waals surface area (Å²) in [5.74, 6) is 1.66. The van der Waals surface area contributed by atoms with Crippen LogP contribution in [-0.2, 0) is 10.0 Å². The lowest BCUT2D eigenvalue weighted by molar-refractivity contribution is 0.355. The van der Waals surface area contributed by atoms with E-state index in [4.69, 9.17) is 14.2 Å². The van der Waals surface area contributed by atoms with Crippen molar-refractivity contribution in [2.24, 2.45) is 0 Å². The van der Waals surface area contributed by atoms with Crippen LogP contribution in [0.4, 0.5) is 5.69 Å². The van der Waals surface area contributed by atoms with Crippen LogP contribution in [0.15, 0.2) is 41.3 Å². The van der Waals surface area contributed by atoms with Crippen molar-refractivity contribution >= 4 is 15.7 Å². The van der Waals surface area contributed by atoms with Crippen LogP contribution in [0.3, 0.4) is 0 Å². The first-order valence-electron chi connectivity index (χ1n) is 7.78. The molecule has 0 amide bonds. The molecule has 0 saturated carbocycles. The van der Waals surface area contributed by atoms with Crippen LogP contribution in [0.1, 0.15) is 12.5 Å². The molecule has 0 bridgehead atoms. The highest BCUT2D eigenvalue weighted by molar-refractivity contribution is 7.92. The Bertz CT molecular complexity index is 849. The number of anilines is 1. The molecule has 0 aromatic heterocycles. The van der Waals surface area contributed by atoms with Gasteiger partial charge in [0, 0.05) is 12.6 Å². The van der Waals surface area contributed by atoms with E-state index in [1.807, 2.05) is 6.92 Å². The molecule has 2 aromatic rings. The van der Waals surface area contributed by atoms with Crippen LogP contribution in [0, 0.1) is 6.92 Å². The van der Waals surface area contributed by atoms with Gasteiger partial charge in [0.1, 0.15) is 5.75 Å². The number of aryl methyl sites for hydroxylation is 1. The molecule has 0 unspecified atom stereocenters. The molecule has 0 spiro atoms. The summed E-state index contributed by atoms with van der Waals surface area (Å²) in [6, 6.07) is 9.84. The monoisotopic (exact) mass is 365 g/mol. The van der Waals surface area contributed by atoms with Gasteiger partial charge in [-0.05, 0) is 49.7 Å². The molecule has 0 radical (unpaired) electrons. The third-order valence-electron chi connectivity index (χ3n) is 3.90. The van der Waals surface area contributed by atoms with Gasteiger partial charge < -0.3 is 14.2 Å². The number of hydrogen-bond donors (Lipinski definition) is 0. The lowest BCUT2D eigenvalue weighted by Crippen LogP contribution is -2.30. The smallest absolute Gasteiger partial charge is 0.264 e. The fourth-order valence-electron chi connectivity index (χ4n) is 2.61. The van der Waals surface area contributed by atoms with E-state index >= 15 is 0 Å². The van der Waals surface area contributed by atoms with E-state index in [1.54, 1.807) is 50.4 Å². The maximum absolute atomic E-state index is 13.1. The summed E-state index contributed by atoms with van der Waals surface area (Å²) in [4.78, 5) is 0.211. The van der Waals surface area contributed by atoms with Crippen LogP contribution >= 0.6 is 0 Å². The largest absolute Gasteiger partial charge is 0.496 e.